The van der Waals surface area contributed by atoms with Gasteiger partial charge < -0.3 is 40.7 Å². The first kappa shape index (κ1) is 24.8. The molecule has 4 unspecified atom stereocenters. The van der Waals surface area contributed by atoms with Crippen molar-refractivity contribution >= 4 is 11.6 Å². The zero-order valence-corrected chi connectivity index (χ0v) is 19.7. The normalized spacial score (nSPS) is 31.5. The van der Waals surface area contributed by atoms with Crippen molar-refractivity contribution in [1.29, 1.82) is 0 Å². The molecule has 0 amide bonds. The van der Waals surface area contributed by atoms with Gasteiger partial charge in [0.1, 0.15) is 11.5 Å². The Hall–Kier alpha value is -2.86. The second kappa shape index (κ2) is 8.91. The van der Waals surface area contributed by atoms with Crippen LogP contribution in [-0.4, -0.2) is 73.8 Å². The van der Waals surface area contributed by atoms with E-state index in [1.807, 2.05) is 0 Å². The quantitative estimate of drug-likeness (QED) is 0.281. The van der Waals surface area contributed by atoms with E-state index in [9.17, 15) is 35.1 Å². The minimum Gasteiger partial charge on any atom is -0.507 e. The van der Waals surface area contributed by atoms with E-state index in [0.29, 0.717) is 0 Å². The Bertz CT molecular complexity index is 1230. The predicted octanol–water partition coefficient (Wildman–Crippen LogP) is 0.814. The van der Waals surface area contributed by atoms with Crippen molar-refractivity contribution in [3.8, 4) is 11.5 Å². The summed E-state index contributed by atoms with van der Waals surface area (Å²) in [6.07, 6.45) is -3.72. The number of hydrogen-bond donors (Lipinski definition) is 6. The van der Waals surface area contributed by atoms with Gasteiger partial charge in [-0.15, -0.1) is 0 Å². The average molecular weight is 500 g/mol. The van der Waals surface area contributed by atoms with Crippen molar-refractivity contribution in [3.63, 3.8) is 0 Å². The number of rotatable bonds is 4. The Balaban J connectivity index is 1.64. The maximum Gasteiger partial charge on any atom is 0.198 e. The molecule has 2 aromatic carbocycles. The van der Waals surface area contributed by atoms with Crippen LogP contribution in [0.5, 0.6) is 11.5 Å². The third-order valence-corrected chi connectivity index (χ3v) is 7.50. The van der Waals surface area contributed by atoms with Gasteiger partial charge in [-0.1, -0.05) is 24.3 Å². The number of ether oxygens (including phenoxy) is 2. The van der Waals surface area contributed by atoms with E-state index in [2.05, 4.69) is 0 Å². The fraction of sp³-hybridized carbons (Fsp3) is 0.462. The summed E-state index contributed by atoms with van der Waals surface area (Å²) in [5.41, 5.74) is 4.20. The SMILES string of the molecule is CC1OC(O[C@H]2C[C@](O)(CCO)Cc3c(O)c4c(c(O)c32)C(=O)c2ccccc2C4=O)CC(N)C1O. The molecule has 7 N–H and O–H groups in total. The summed E-state index contributed by atoms with van der Waals surface area (Å²) in [6.45, 7) is 1.29. The summed E-state index contributed by atoms with van der Waals surface area (Å²) in [5.74, 6) is -2.25. The topological polar surface area (TPSA) is 180 Å². The molecule has 1 heterocycles. The predicted molar refractivity (Wildman–Crippen MR) is 125 cm³/mol. The van der Waals surface area contributed by atoms with Crippen LogP contribution in [-0.2, 0) is 15.9 Å². The van der Waals surface area contributed by atoms with E-state index >= 15 is 0 Å². The van der Waals surface area contributed by atoms with Crippen LogP contribution in [0.1, 0.15) is 75.3 Å². The number of benzene rings is 2. The molecule has 192 valence electrons. The Labute approximate surface area is 206 Å². The first-order valence-electron chi connectivity index (χ1n) is 11.9. The highest BCUT2D eigenvalue weighted by Crippen LogP contribution is 2.52. The largest absolute Gasteiger partial charge is 0.507 e. The number of carbonyl (C=O) groups is 2. The van der Waals surface area contributed by atoms with Gasteiger partial charge in [-0.05, 0) is 13.3 Å². The van der Waals surface area contributed by atoms with Gasteiger partial charge in [-0.3, -0.25) is 9.59 Å². The first-order valence-corrected chi connectivity index (χ1v) is 11.9. The number of hydrogen-bond acceptors (Lipinski definition) is 10. The molecule has 6 atom stereocenters. The Morgan fingerprint density at radius 3 is 2.31 bits per heavy atom. The zero-order valence-electron chi connectivity index (χ0n) is 19.7. The van der Waals surface area contributed by atoms with Crippen LogP contribution in [0.4, 0.5) is 0 Å². The molecule has 10 nitrogen and oxygen atoms in total. The smallest absolute Gasteiger partial charge is 0.198 e. The molecule has 0 saturated carbocycles. The van der Waals surface area contributed by atoms with Gasteiger partial charge in [-0.2, -0.15) is 0 Å². The third kappa shape index (κ3) is 3.81. The summed E-state index contributed by atoms with van der Waals surface area (Å²) in [5, 5.41) is 53.6. The molecule has 10 heteroatoms. The van der Waals surface area contributed by atoms with Crippen LogP contribution in [0.25, 0.3) is 0 Å². The molecule has 1 fully saturated rings. The van der Waals surface area contributed by atoms with Crippen molar-refractivity contribution in [2.75, 3.05) is 6.61 Å². The zero-order chi connectivity index (χ0) is 25.9. The van der Waals surface area contributed by atoms with Gasteiger partial charge in [0.15, 0.2) is 17.9 Å². The highest BCUT2D eigenvalue weighted by molar-refractivity contribution is 6.30. The first-order chi connectivity index (χ1) is 17.1. The van der Waals surface area contributed by atoms with E-state index in [0.717, 1.165) is 0 Å². The van der Waals surface area contributed by atoms with Crippen molar-refractivity contribution < 1.29 is 44.6 Å². The monoisotopic (exact) mass is 499 g/mol. The lowest BCUT2D eigenvalue weighted by molar-refractivity contribution is -0.248. The second-order valence-corrected chi connectivity index (χ2v) is 9.91. The van der Waals surface area contributed by atoms with Gasteiger partial charge >= 0.3 is 0 Å². The number of nitrogens with two attached hydrogens (primary N) is 1. The van der Waals surface area contributed by atoms with Crippen molar-refractivity contribution in [1.82, 2.24) is 0 Å². The van der Waals surface area contributed by atoms with Crippen molar-refractivity contribution in [2.45, 2.75) is 68.9 Å². The number of aromatic hydroxyl groups is 2. The van der Waals surface area contributed by atoms with Gasteiger partial charge in [0, 0.05) is 54.2 Å². The number of phenols is 2. The molecule has 0 aromatic heterocycles. The van der Waals surface area contributed by atoms with E-state index in [1.54, 1.807) is 19.1 Å². The van der Waals surface area contributed by atoms with E-state index in [-0.39, 0.29) is 65.7 Å². The highest BCUT2D eigenvalue weighted by atomic mass is 16.7. The van der Waals surface area contributed by atoms with Crippen LogP contribution in [0, 0.1) is 0 Å². The molecular formula is C26H29NO9. The minimum atomic E-state index is -1.54. The lowest BCUT2D eigenvalue weighted by atomic mass is 9.72. The Kier molecular flexibility index (Phi) is 6.14. The summed E-state index contributed by atoms with van der Waals surface area (Å²) < 4.78 is 11.9. The van der Waals surface area contributed by atoms with Crippen molar-refractivity contribution in [2.24, 2.45) is 5.73 Å². The number of aliphatic hydroxyl groups excluding tert-OH is 2. The third-order valence-electron chi connectivity index (χ3n) is 7.50. The maximum absolute atomic E-state index is 13.3. The molecule has 3 aliphatic rings. The molecule has 5 rings (SSSR count). The fourth-order valence-corrected chi connectivity index (χ4v) is 5.63. The summed E-state index contributed by atoms with van der Waals surface area (Å²) >= 11 is 0. The average Bonchev–Trinajstić information content (AvgIpc) is 2.83. The molecule has 2 aromatic rings. The van der Waals surface area contributed by atoms with Gasteiger partial charge in [0.2, 0.25) is 0 Å². The lowest BCUT2D eigenvalue weighted by Crippen LogP contribution is -2.52. The minimum absolute atomic E-state index is 0.0561. The molecule has 2 aliphatic carbocycles. The van der Waals surface area contributed by atoms with Crippen LogP contribution in [0.15, 0.2) is 24.3 Å². The van der Waals surface area contributed by atoms with Gasteiger partial charge in [0.05, 0.1) is 35.0 Å². The Morgan fingerprint density at radius 1 is 1.11 bits per heavy atom. The standard InChI is InChI=1S/C26H29NO9/c1-11-21(29)15(27)8-17(35-11)36-16-10-26(34,6-7-28)9-14-18(16)25(33)20-19(24(14)32)22(30)12-4-2-3-5-13(12)23(20)31/h2-5,11,15-17,21,28-29,32-34H,6-10,27H2,1H3/t11?,15?,16-,17?,21?,26-/m0/s1. The molecule has 0 spiro atoms. The molecular weight excluding hydrogens is 470 g/mol. The van der Waals surface area contributed by atoms with Crippen LogP contribution < -0.4 is 5.73 Å². The van der Waals surface area contributed by atoms with Gasteiger partial charge in [-0.25, -0.2) is 0 Å². The number of phenolic OH excluding ortho intramolecular Hbond substituents is 2. The summed E-state index contributed by atoms with van der Waals surface area (Å²) in [4.78, 5) is 26.6. The maximum atomic E-state index is 13.3. The van der Waals surface area contributed by atoms with Gasteiger partial charge in [0.25, 0.3) is 0 Å². The lowest BCUT2D eigenvalue weighted by Gasteiger charge is -2.42. The fourth-order valence-electron chi connectivity index (χ4n) is 5.63. The van der Waals surface area contributed by atoms with Crippen LogP contribution in [0.2, 0.25) is 0 Å². The molecule has 1 aliphatic heterocycles. The number of carbonyl (C=O) groups excluding carboxylic acids is 2. The highest BCUT2D eigenvalue weighted by Gasteiger charge is 2.47. The van der Waals surface area contributed by atoms with Crippen LogP contribution in [0.3, 0.4) is 0 Å². The van der Waals surface area contributed by atoms with E-state index in [4.69, 9.17) is 15.2 Å². The van der Waals surface area contributed by atoms with E-state index < -0.39 is 59.3 Å². The summed E-state index contributed by atoms with van der Waals surface area (Å²) in [7, 11) is 0. The molecule has 0 radical (unpaired) electrons. The van der Waals surface area contributed by atoms with Crippen LogP contribution >= 0.6 is 0 Å². The molecule has 1 saturated heterocycles. The number of ketones is 2. The number of fused-ring (bicyclic) bond motifs is 3. The Morgan fingerprint density at radius 2 is 1.72 bits per heavy atom. The second-order valence-electron chi connectivity index (χ2n) is 9.91. The van der Waals surface area contributed by atoms with E-state index in [1.165, 1.54) is 12.1 Å². The molecule has 0 bridgehead atoms. The summed E-state index contributed by atoms with van der Waals surface area (Å²) in [6, 6.07) is 5.51. The number of aliphatic hydroxyl groups is 3. The van der Waals surface area contributed by atoms with Crippen molar-refractivity contribution in [3.05, 3.63) is 57.6 Å². The molecule has 36 heavy (non-hydrogen) atoms.